The standard InChI is InChI=1S/C19H19N3OS2/c1-19(2)9-14-13(18-21-6-8-24-18)3-4-16(17(14)15(23)10-19)25-12-22-7-5-20-11-22/h3-8,11H,9-10,12H2,1-2H3. The predicted molar refractivity (Wildman–Crippen MR) is 102 cm³/mol. The fourth-order valence-electron chi connectivity index (χ4n) is 3.36. The van der Waals surface area contributed by atoms with Crippen LogP contribution in [0.5, 0.6) is 0 Å². The van der Waals surface area contributed by atoms with E-state index in [4.69, 9.17) is 0 Å². The molecule has 128 valence electrons. The van der Waals surface area contributed by atoms with Crippen LogP contribution < -0.4 is 0 Å². The first kappa shape index (κ1) is 16.5. The van der Waals surface area contributed by atoms with Crippen LogP contribution in [0.1, 0.15) is 36.2 Å². The van der Waals surface area contributed by atoms with E-state index >= 15 is 0 Å². The summed E-state index contributed by atoms with van der Waals surface area (Å²) in [5, 5.41) is 2.98. The number of thiazole rings is 1. The Morgan fingerprint density at radius 1 is 1.28 bits per heavy atom. The maximum absolute atomic E-state index is 13.0. The van der Waals surface area contributed by atoms with Crippen molar-refractivity contribution < 1.29 is 4.79 Å². The number of imidazole rings is 1. The minimum absolute atomic E-state index is 0.0102. The lowest BCUT2D eigenvalue weighted by Crippen LogP contribution is -2.28. The maximum Gasteiger partial charge on any atom is 0.164 e. The van der Waals surface area contributed by atoms with E-state index in [1.165, 1.54) is 0 Å². The number of aromatic nitrogens is 3. The molecule has 1 aliphatic rings. The van der Waals surface area contributed by atoms with Crippen LogP contribution >= 0.6 is 23.1 Å². The molecule has 0 radical (unpaired) electrons. The van der Waals surface area contributed by atoms with Crippen LogP contribution in [-0.2, 0) is 12.3 Å². The normalized spacial score (nSPS) is 16.0. The zero-order chi connectivity index (χ0) is 17.4. The summed E-state index contributed by atoms with van der Waals surface area (Å²) in [6.07, 6.45) is 8.84. The van der Waals surface area contributed by atoms with E-state index in [0.29, 0.717) is 6.42 Å². The van der Waals surface area contributed by atoms with Crippen LogP contribution in [0.4, 0.5) is 0 Å². The van der Waals surface area contributed by atoms with E-state index < -0.39 is 0 Å². The highest BCUT2D eigenvalue weighted by Crippen LogP contribution is 2.43. The summed E-state index contributed by atoms with van der Waals surface area (Å²) in [5.41, 5.74) is 3.16. The van der Waals surface area contributed by atoms with Gasteiger partial charge in [-0.2, -0.15) is 0 Å². The molecule has 0 aliphatic heterocycles. The second kappa shape index (κ2) is 6.42. The van der Waals surface area contributed by atoms with E-state index in [2.05, 4.69) is 35.9 Å². The van der Waals surface area contributed by atoms with Gasteiger partial charge in [0.25, 0.3) is 0 Å². The van der Waals surface area contributed by atoms with E-state index in [0.717, 1.165) is 38.9 Å². The van der Waals surface area contributed by atoms with Gasteiger partial charge >= 0.3 is 0 Å². The minimum Gasteiger partial charge on any atom is -0.327 e. The molecule has 1 aromatic carbocycles. The van der Waals surface area contributed by atoms with Crippen LogP contribution in [0.3, 0.4) is 0 Å². The summed E-state index contributed by atoms with van der Waals surface area (Å²) in [4.78, 5) is 22.6. The van der Waals surface area contributed by atoms with Gasteiger partial charge in [0.1, 0.15) is 5.01 Å². The highest BCUT2D eigenvalue weighted by molar-refractivity contribution is 7.98. The zero-order valence-corrected chi connectivity index (χ0v) is 15.9. The lowest BCUT2D eigenvalue weighted by molar-refractivity contribution is 0.0909. The van der Waals surface area contributed by atoms with Gasteiger partial charge in [0.05, 0.1) is 12.2 Å². The lowest BCUT2D eigenvalue weighted by atomic mass is 9.72. The van der Waals surface area contributed by atoms with Crippen molar-refractivity contribution >= 4 is 28.9 Å². The number of hydrogen-bond donors (Lipinski definition) is 0. The summed E-state index contributed by atoms with van der Waals surface area (Å²) < 4.78 is 2.02. The first-order valence-electron chi connectivity index (χ1n) is 8.21. The monoisotopic (exact) mass is 369 g/mol. The zero-order valence-electron chi connectivity index (χ0n) is 14.2. The Kier molecular flexibility index (Phi) is 4.25. The number of thioether (sulfide) groups is 1. The molecule has 4 nitrogen and oxygen atoms in total. The summed E-state index contributed by atoms with van der Waals surface area (Å²) >= 11 is 3.31. The number of carbonyl (C=O) groups is 1. The molecule has 6 heteroatoms. The van der Waals surface area contributed by atoms with Crippen LogP contribution in [-0.4, -0.2) is 20.3 Å². The van der Waals surface area contributed by atoms with Gasteiger partial charge < -0.3 is 4.57 Å². The highest BCUT2D eigenvalue weighted by atomic mass is 32.2. The smallest absolute Gasteiger partial charge is 0.164 e. The van der Waals surface area contributed by atoms with Gasteiger partial charge in [-0.05, 0) is 23.5 Å². The van der Waals surface area contributed by atoms with E-state index in [-0.39, 0.29) is 11.2 Å². The Labute approximate surface area is 155 Å². The third-order valence-corrected chi connectivity index (χ3v) is 6.32. The van der Waals surface area contributed by atoms with Crippen molar-refractivity contribution in [1.82, 2.24) is 14.5 Å². The fraction of sp³-hybridized carbons (Fsp3) is 0.316. The summed E-state index contributed by atoms with van der Waals surface area (Å²) in [7, 11) is 0. The van der Waals surface area contributed by atoms with Crippen LogP contribution in [0.25, 0.3) is 10.6 Å². The van der Waals surface area contributed by atoms with Gasteiger partial charge in [-0.25, -0.2) is 9.97 Å². The maximum atomic E-state index is 13.0. The van der Waals surface area contributed by atoms with Crippen LogP contribution in [0, 0.1) is 5.41 Å². The first-order valence-corrected chi connectivity index (χ1v) is 10.1. The summed E-state index contributed by atoms with van der Waals surface area (Å²) in [6.45, 7) is 4.34. The molecule has 2 heterocycles. The van der Waals surface area contributed by atoms with Crippen molar-refractivity contribution in [3.8, 4) is 10.6 Å². The van der Waals surface area contributed by atoms with Crippen molar-refractivity contribution in [1.29, 1.82) is 0 Å². The third kappa shape index (κ3) is 3.28. The molecular formula is C19H19N3OS2. The number of nitrogens with zero attached hydrogens (tertiary/aromatic N) is 3. The fourth-order valence-corrected chi connectivity index (χ4v) is 5.04. The molecule has 0 unspecified atom stereocenters. The highest BCUT2D eigenvalue weighted by Gasteiger charge is 2.34. The summed E-state index contributed by atoms with van der Waals surface area (Å²) in [6, 6.07) is 4.20. The van der Waals surface area contributed by atoms with Crippen LogP contribution in [0.2, 0.25) is 0 Å². The van der Waals surface area contributed by atoms with Crippen molar-refractivity contribution in [2.45, 2.75) is 37.5 Å². The topological polar surface area (TPSA) is 47.8 Å². The molecule has 0 amide bonds. The molecule has 0 fully saturated rings. The molecule has 3 aromatic rings. The van der Waals surface area contributed by atoms with Gasteiger partial charge in [0.15, 0.2) is 5.78 Å². The Balaban J connectivity index is 1.78. The van der Waals surface area contributed by atoms with E-state index in [1.54, 1.807) is 35.6 Å². The number of carbonyl (C=O) groups excluding carboxylic acids is 1. The van der Waals surface area contributed by atoms with Gasteiger partial charge in [-0.1, -0.05) is 19.9 Å². The van der Waals surface area contributed by atoms with Crippen molar-refractivity contribution in [2.75, 3.05) is 0 Å². The Bertz CT molecular complexity index is 899. The van der Waals surface area contributed by atoms with Gasteiger partial charge in [0, 0.05) is 46.4 Å². The number of Topliss-reactive ketones (excluding diaryl/α,β-unsaturated/α-hetero) is 1. The van der Waals surface area contributed by atoms with Crippen LogP contribution in [0.15, 0.2) is 47.3 Å². The molecule has 0 saturated heterocycles. The minimum atomic E-state index is -0.0102. The SMILES string of the molecule is CC1(C)CC(=O)c2c(SCn3ccnc3)ccc(-c3nccs3)c2C1. The second-order valence-corrected chi connectivity index (χ2v) is 8.97. The number of rotatable bonds is 4. The Hall–Kier alpha value is -1.92. The quantitative estimate of drug-likeness (QED) is 0.613. The van der Waals surface area contributed by atoms with E-state index in [1.807, 2.05) is 22.3 Å². The average molecular weight is 370 g/mol. The molecular weight excluding hydrogens is 350 g/mol. The Morgan fingerprint density at radius 2 is 2.16 bits per heavy atom. The molecule has 0 bridgehead atoms. The van der Waals surface area contributed by atoms with Crippen molar-refractivity contribution in [3.63, 3.8) is 0 Å². The average Bonchev–Trinajstić information content (AvgIpc) is 3.25. The molecule has 1 aliphatic carbocycles. The van der Waals surface area contributed by atoms with Crippen molar-refractivity contribution in [2.24, 2.45) is 5.41 Å². The second-order valence-electron chi connectivity index (χ2n) is 7.09. The number of ketones is 1. The number of benzene rings is 1. The van der Waals surface area contributed by atoms with Gasteiger partial charge in [-0.3, -0.25) is 4.79 Å². The van der Waals surface area contributed by atoms with Crippen molar-refractivity contribution in [3.05, 3.63) is 53.6 Å². The number of hydrogen-bond acceptors (Lipinski definition) is 5. The number of fused-ring (bicyclic) bond motifs is 1. The molecule has 0 atom stereocenters. The molecule has 0 saturated carbocycles. The molecule has 2 aromatic heterocycles. The van der Waals surface area contributed by atoms with Gasteiger partial charge in [0.2, 0.25) is 0 Å². The molecule has 4 rings (SSSR count). The summed E-state index contributed by atoms with van der Waals surface area (Å²) in [5.74, 6) is 0.998. The molecule has 0 spiro atoms. The third-order valence-electron chi connectivity index (χ3n) is 4.44. The predicted octanol–water partition coefficient (Wildman–Crippen LogP) is 4.91. The largest absolute Gasteiger partial charge is 0.327 e. The van der Waals surface area contributed by atoms with E-state index in [9.17, 15) is 4.79 Å². The molecule has 25 heavy (non-hydrogen) atoms. The molecule has 0 N–H and O–H groups in total. The van der Waals surface area contributed by atoms with Gasteiger partial charge in [-0.15, -0.1) is 23.1 Å². The first-order chi connectivity index (χ1) is 12.0. The lowest BCUT2D eigenvalue weighted by Gasteiger charge is -2.32. The Morgan fingerprint density at radius 3 is 2.88 bits per heavy atom.